The zero-order chi connectivity index (χ0) is 17.9. The summed E-state index contributed by atoms with van der Waals surface area (Å²) in [6, 6.07) is 16.7. The highest BCUT2D eigenvalue weighted by Gasteiger charge is 2.31. The van der Waals surface area contributed by atoms with E-state index in [9.17, 15) is 9.90 Å². The average Bonchev–Trinajstić information content (AvgIpc) is 3.11. The number of ether oxygens (including phenoxy) is 1. The Labute approximate surface area is 146 Å². The Morgan fingerprint density at radius 3 is 2.68 bits per heavy atom. The number of hydrogen-bond acceptors (Lipinski definition) is 4. The number of rotatable bonds is 5. The van der Waals surface area contributed by atoms with Gasteiger partial charge in [-0.3, -0.25) is 0 Å². The van der Waals surface area contributed by atoms with Crippen LogP contribution in [0.1, 0.15) is 34.2 Å². The van der Waals surface area contributed by atoms with Gasteiger partial charge in [0.15, 0.2) is 0 Å². The van der Waals surface area contributed by atoms with Gasteiger partial charge < -0.3 is 14.4 Å². The monoisotopic (exact) mass is 336 g/mol. The summed E-state index contributed by atoms with van der Waals surface area (Å²) in [5, 5.41) is 11.1. The second kappa shape index (κ2) is 6.91. The van der Waals surface area contributed by atoms with Crippen molar-refractivity contribution in [1.29, 1.82) is 0 Å². The number of aromatic nitrogens is 2. The molecule has 5 heteroatoms. The number of methoxy groups -OCH3 is 1. The molecule has 2 aromatic carbocycles. The second-order valence-corrected chi connectivity index (χ2v) is 6.01. The van der Waals surface area contributed by atoms with Gasteiger partial charge in [-0.2, -0.15) is 0 Å². The minimum Gasteiger partial charge on any atom is -0.465 e. The SMILES string of the molecule is COC(=O)c1cccc(C(C)(O)c2nccn2Cc2ccccc2)c1. The van der Waals surface area contributed by atoms with Gasteiger partial charge in [-0.15, -0.1) is 0 Å². The van der Waals surface area contributed by atoms with Gasteiger partial charge in [0, 0.05) is 18.9 Å². The van der Waals surface area contributed by atoms with Crippen LogP contribution in [0.3, 0.4) is 0 Å². The van der Waals surface area contributed by atoms with Crippen LogP contribution in [0.2, 0.25) is 0 Å². The van der Waals surface area contributed by atoms with E-state index in [0.717, 1.165) is 5.56 Å². The molecule has 0 aliphatic rings. The van der Waals surface area contributed by atoms with Crippen molar-refractivity contribution in [3.8, 4) is 0 Å². The summed E-state index contributed by atoms with van der Waals surface area (Å²) in [5.74, 6) is 0.0728. The van der Waals surface area contributed by atoms with Gasteiger partial charge >= 0.3 is 5.97 Å². The van der Waals surface area contributed by atoms with Crippen molar-refractivity contribution < 1.29 is 14.6 Å². The van der Waals surface area contributed by atoms with Gasteiger partial charge in [0.1, 0.15) is 11.4 Å². The third kappa shape index (κ3) is 3.46. The van der Waals surface area contributed by atoms with E-state index >= 15 is 0 Å². The number of hydrogen-bond donors (Lipinski definition) is 1. The van der Waals surface area contributed by atoms with Crippen molar-refractivity contribution >= 4 is 5.97 Å². The van der Waals surface area contributed by atoms with Crippen LogP contribution in [0, 0.1) is 0 Å². The molecule has 0 spiro atoms. The molecule has 3 rings (SSSR count). The van der Waals surface area contributed by atoms with Crippen molar-refractivity contribution in [2.24, 2.45) is 0 Å². The minimum absolute atomic E-state index is 0.390. The quantitative estimate of drug-likeness (QED) is 0.728. The molecule has 5 nitrogen and oxygen atoms in total. The number of benzene rings is 2. The molecule has 0 fully saturated rings. The van der Waals surface area contributed by atoms with Crippen molar-refractivity contribution in [2.75, 3.05) is 7.11 Å². The first kappa shape index (κ1) is 16.9. The van der Waals surface area contributed by atoms with E-state index in [2.05, 4.69) is 4.98 Å². The Hall–Kier alpha value is -2.92. The molecule has 1 atom stereocenters. The van der Waals surface area contributed by atoms with E-state index in [1.165, 1.54) is 7.11 Å². The van der Waals surface area contributed by atoms with Crippen LogP contribution in [0.15, 0.2) is 67.0 Å². The lowest BCUT2D eigenvalue weighted by Gasteiger charge is -2.25. The number of nitrogens with zero attached hydrogens (tertiary/aromatic N) is 2. The molecule has 1 aromatic heterocycles. The predicted octanol–water partition coefficient (Wildman–Crippen LogP) is 2.97. The van der Waals surface area contributed by atoms with Crippen molar-refractivity contribution in [1.82, 2.24) is 9.55 Å². The summed E-state index contributed by atoms with van der Waals surface area (Å²) >= 11 is 0. The van der Waals surface area contributed by atoms with E-state index < -0.39 is 11.6 Å². The van der Waals surface area contributed by atoms with Crippen LogP contribution in [0.25, 0.3) is 0 Å². The summed E-state index contributed by atoms with van der Waals surface area (Å²) in [4.78, 5) is 16.1. The molecule has 0 amide bonds. The fourth-order valence-electron chi connectivity index (χ4n) is 2.84. The molecule has 1 heterocycles. The Kier molecular flexibility index (Phi) is 4.67. The number of carbonyl (C=O) groups is 1. The molecule has 0 aliphatic heterocycles. The van der Waals surface area contributed by atoms with Gasteiger partial charge in [-0.05, 0) is 30.2 Å². The largest absolute Gasteiger partial charge is 0.465 e. The minimum atomic E-state index is -1.34. The zero-order valence-corrected chi connectivity index (χ0v) is 14.2. The molecule has 0 radical (unpaired) electrons. The van der Waals surface area contributed by atoms with Gasteiger partial charge in [-0.1, -0.05) is 42.5 Å². The molecule has 0 bridgehead atoms. The summed E-state index contributed by atoms with van der Waals surface area (Å²) in [6.45, 7) is 2.27. The number of esters is 1. The normalized spacial score (nSPS) is 13.2. The van der Waals surface area contributed by atoms with Crippen LogP contribution < -0.4 is 0 Å². The highest BCUT2D eigenvalue weighted by molar-refractivity contribution is 5.89. The molecule has 128 valence electrons. The van der Waals surface area contributed by atoms with Gasteiger partial charge in [0.2, 0.25) is 0 Å². The maximum atomic E-state index is 11.8. The Bertz CT molecular complexity index is 869. The van der Waals surface area contributed by atoms with E-state index in [-0.39, 0.29) is 0 Å². The third-order valence-corrected chi connectivity index (χ3v) is 4.19. The molecular formula is C20H20N2O3. The van der Waals surface area contributed by atoms with Crippen molar-refractivity contribution in [3.05, 3.63) is 89.5 Å². The fraction of sp³-hybridized carbons (Fsp3) is 0.200. The van der Waals surface area contributed by atoms with Gasteiger partial charge in [-0.25, -0.2) is 9.78 Å². The molecular weight excluding hydrogens is 316 g/mol. The number of aliphatic hydroxyl groups is 1. The lowest BCUT2D eigenvalue weighted by atomic mass is 9.93. The Balaban J connectivity index is 1.96. The summed E-state index contributed by atoms with van der Waals surface area (Å²) < 4.78 is 6.66. The zero-order valence-electron chi connectivity index (χ0n) is 14.2. The summed E-state index contributed by atoms with van der Waals surface area (Å²) in [7, 11) is 1.33. The highest BCUT2D eigenvalue weighted by atomic mass is 16.5. The van der Waals surface area contributed by atoms with E-state index in [0.29, 0.717) is 23.5 Å². The molecule has 1 N–H and O–H groups in total. The van der Waals surface area contributed by atoms with Crippen LogP contribution in [-0.4, -0.2) is 27.7 Å². The smallest absolute Gasteiger partial charge is 0.337 e. The summed E-state index contributed by atoms with van der Waals surface area (Å²) in [6.07, 6.45) is 3.50. The lowest BCUT2D eigenvalue weighted by Crippen LogP contribution is -2.28. The predicted molar refractivity (Wildman–Crippen MR) is 94.2 cm³/mol. The molecule has 1 unspecified atom stereocenters. The number of carbonyl (C=O) groups excluding carboxylic acids is 1. The first-order chi connectivity index (χ1) is 12.0. The molecule has 0 saturated heterocycles. The van der Waals surface area contributed by atoms with Crippen molar-refractivity contribution in [3.63, 3.8) is 0 Å². The van der Waals surface area contributed by atoms with E-state index in [1.54, 1.807) is 37.4 Å². The first-order valence-electron chi connectivity index (χ1n) is 7.99. The second-order valence-electron chi connectivity index (χ2n) is 6.01. The summed E-state index contributed by atoms with van der Waals surface area (Å²) in [5.41, 5.74) is 0.737. The lowest BCUT2D eigenvalue weighted by molar-refractivity contribution is 0.0599. The maximum Gasteiger partial charge on any atom is 0.337 e. The number of imidazole rings is 1. The highest BCUT2D eigenvalue weighted by Crippen LogP contribution is 2.29. The molecule has 25 heavy (non-hydrogen) atoms. The van der Waals surface area contributed by atoms with Crippen LogP contribution in [-0.2, 0) is 16.9 Å². The van der Waals surface area contributed by atoms with Gasteiger partial charge in [0.25, 0.3) is 0 Å². The van der Waals surface area contributed by atoms with E-state index in [4.69, 9.17) is 4.74 Å². The first-order valence-corrected chi connectivity index (χ1v) is 7.99. The Morgan fingerprint density at radius 1 is 1.20 bits per heavy atom. The molecule has 0 saturated carbocycles. The van der Waals surface area contributed by atoms with Crippen LogP contribution in [0.4, 0.5) is 0 Å². The van der Waals surface area contributed by atoms with Gasteiger partial charge in [0.05, 0.1) is 12.7 Å². The standard InChI is InChI=1S/C20H20N2O3/c1-20(24,17-10-6-9-16(13-17)18(23)25-2)19-21-11-12-22(19)14-15-7-4-3-5-8-15/h3-13,24H,14H2,1-2H3. The van der Waals surface area contributed by atoms with Crippen LogP contribution in [0.5, 0.6) is 0 Å². The van der Waals surface area contributed by atoms with E-state index in [1.807, 2.05) is 41.1 Å². The topological polar surface area (TPSA) is 64.3 Å². The third-order valence-electron chi connectivity index (χ3n) is 4.19. The fourth-order valence-corrected chi connectivity index (χ4v) is 2.84. The van der Waals surface area contributed by atoms with Crippen molar-refractivity contribution in [2.45, 2.75) is 19.1 Å². The Morgan fingerprint density at radius 2 is 1.96 bits per heavy atom. The van der Waals surface area contributed by atoms with Crippen LogP contribution >= 0.6 is 0 Å². The molecule has 0 aliphatic carbocycles. The average molecular weight is 336 g/mol. The molecule has 3 aromatic rings. The maximum absolute atomic E-state index is 11.8.